The Kier molecular flexibility index (Phi) is 8.07. The Hall–Kier alpha value is -4.14. The second-order valence-electron chi connectivity index (χ2n) is 14.3. The van der Waals surface area contributed by atoms with Crippen molar-refractivity contribution < 1.29 is 23.0 Å². The zero-order valence-corrected chi connectivity index (χ0v) is 27.8. The van der Waals surface area contributed by atoms with E-state index in [1.54, 1.807) is 0 Å². The molecule has 3 aliphatic heterocycles. The number of phenols is 1. The third-order valence-electron chi connectivity index (χ3n) is 11.2. The van der Waals surface area contributed by atoms with Gasteiger partial charge in [-0.1, -0.05) is 32.3 Å². The summed E-state index contributed by atoms with van der Waals surface area (Å²) in [6.45, 7) is 5.68. The summed E-state index contributed by atoms with van der Waals surface area (Å²) in [4.78, 5) is 16.6. The number of alkyl halides is 1. The van der Waals surface area contributed by atoms with Crippen LogP contribution < -0.4 is 15.4 Å². The molecule has 0 radical (unpaired) electrons. The van der Waals surface area contributed by atoms with Gasteiger partial charge in [0.25, 0.3) is 0 Å². The van der Waals surface area contributed by atoms with Crippen LogP contribution in [0.2, 0.25) is 0 Å². The van der Waals surface area contributed by atoms with E-state index in [4.69, 9.17) is 21.1 Å². The number of rotatable bonds is 9. The van der Waals surface area contributed by atoms with Gasteiger partial charge in [-0.3, -0.25) is 4.90 Å². The number of nitrogens with one attached hydrogen (secondary N) is 2. The van der Waals surface area contributed by atoms with E-state index in [9.17, 15) is 9.50 Å². The lowest BCUT2D eigenvalue weighted by Gasteiger charge is -2.33. The normalized spacial score (nSPS) is 25.6. The quantitative estimate of drug-likeness (QED) is 0.170. The Morgan fingerprint density at radius 3 is 2.78 bits per heavy atom. The highest BCUT2D eigenvalue weighted by Gasteiger charge is 2.49. The van der Waals surface area contributed by atoms with E-state index < -0.39 is 23.3 Å². The number of hydrogen-bond acceptors (Lipinski definition) is 8. The average molecular weight is 671 g/mol. The van der Waals surface area contributed by atoms with Gasteiger partial charge >= 0.3 is 6.01 Å². The predicted molar refractivity (Wildman–Crippen MR) is 183 cm³/mol. The fourth-order valence-electron chi connectivity index (χ4n) is 8.63. The standard InChI is InChI=1S/C38H41F3N6O2/c1-4-20-15-29-31-35(32(41)34(43-29)26-16-24(48)14-21-8-11-27(40)25(5-2)30(21)26)45-37(49-19-38-12-7-13-47(38)18-22(39)17-38)46-36(31)44-33(20)28(6-3)42-23-9-10-23/h2,8,11,14,16,20,22-23,28,33,42,48H,4,6-7,9-10,12-13,15,17-19H2,1,3H3,(H,44,45,46)/t20-,22-,28+,33+,38+/m1/s1. The molecule has 0 unspecified atom stereocenters. The molecule has 8 nitrogen and oxygen atoms in total. The Morgan fingerprint density at radius 1 is 1.18 bits per heavy atom. The Morgan fingerprint density at radius 2 is 2.02 bits per heavy atom. The summed E-state index contributed by atoms with van der Waals surface area (Å²) >= 11 is 0. The molecular weight excluding hydrogens is 629 g/mol. The van der Waals surface area contributed by atoms with Gasteiger partial charge in [-0.15, -0.1) is 6.42 Å². The van der Waals surface area contributed by atoms with E-state index in [-0.39, 0.29) is 64.1 Å². The molecule has 1 saturated carbocycles. The maximum atomic E-state index is 17.1. The van der Waals surface area contributed by atoms with Crippen molar-refractivity contribution in [1.29, 1.82) is 0 Å². The van der Waals surface area contributed by atoms with Crippen LogP contribution in [0.15, 0.2) is 24.3 Å². The minimum atomic E-state index is -0.923. The van der Waals surface area contributed by atoms with Crippen LogP contribution in [0.5, 0.6) is 11.8 Å². The molecule has 0 bridgehead atoms. The van der Waals surface area contributed by atoms with Crippen molar-refractivity contribution in [2.45, 2.75) is 95.1 Å². The van der Waals surface area contributed by atoms with Gasteiger partial charge in [0, 0.05) is 42.0 Å². The number of benzene rings is 2. The van der Waals surface area contributed by atoms with Crippen molar-refractivity contribution in [2.75, 3.05) is 25.0 Å². The molecule has 11 heteroatoms. The molecule has 5 heterocycles. The first-order chi connectivity index (χ1) is 23.7. The highest BCUT2D eigenvalue weighted by molar-refractivity contribution is 6.03. The molecule has 8 rings (SSSR count). The number of aromatic nitrogens is 3. The zero-order chi connectivity index (χ0) is 34.0. The lowest BCUT2D eigenvalue weighted by Crippen LogP contribution is -2.49. The lowest BCUT2D eigenvalue weighted by molar-refractivity contribution is 0.107. The number of pyridine rings is 1. The van der Waals surface area contributed by atoms with Crippen LogP contribution in [0.1, 0.15) is 70.1 Å². The van der Waals surface area contributed by atoms with E-state index in [0.29, 0.717) is 47.7 Å². The first kappa shape index (κ1) is 32.1. The van der Waals surface area contributed by atoms with Gasteiger partial charge in [-0.25, -0.2) is 18.2 Å². The van der Waals surface area contributed by atoms with Gasteiger partial charge in [0.05, 0.1) is 22.2 Å². The smallest absolute Gasteiger partial charge is 0.319 e. The van der Waals surface area contributed by atoms with Gasteiger partial charge in [-0.05, 0) is 74.6 Å². The summed E-state index contributed by atoms with van der Waals surface area (Å²) in [6, 6.07) is 6.14. The molecule has 3 fully saturated rings. The number of terminal acetylenes is 1. The maximum absolute atomic E-state index is 17.1. The molecule has 2 aromatic carbocycles. The summed E-state index contributed by atoms with van der Waals surface area (Å²) in [5.74, 6) is 1.45. The number of hydrogen-bond donors (Lipinski definition) is 3. The van der Waals surface area contributed by atoms with Crippen LogP contribution >= 0.6 is 0 Å². The van der Waals surface area contributed by atoms with Gasteiger partial charge < -0.3 is 20.5 Å². The van der Waals surface area contributed by atoms with Crippen molar-refractivity contribution >= 4 is 27.5 Å². The zero-order valence-electron chi connectivity index (χ0n) is 27.8. The van der Waals surface area contributed by atoms with Crippen LogP contribution in [0.4, 0.5) is 19.0 Å². The molecule has 4 aromatic rings. The summed E-state index contributed by atoms with van der Waals surface area (Å²) in [5.41, 5.74) is 0.207. The van der Waals surface area contributed by atoms with Crippen LogP contribution in [0.25, 0.3) is 32.9 Å². The molecule has 3 N–H and O–H groups in total. The van der Waals surface area contributed by atoms with Gasteiger partial charge in [0.2, 0.25) is 0 Å². The lowest BCUT2D eigenvalue weighted by atomic mass is 9.86. The van der Waals surface area contributed by atoms with Gasteiger partial charge in [0.15, 0.2) is 5.82 Å². The fourth-order valence-corrected chi connectivity index (χ4v) is 8.63. The number of fused-ring (bicyclic) bond motifs is 2. The number of aromatic hydroxyl groups is 1. The minimum absolute atomic E-state index is 0.00597. The number of halogens is 3. The van der Waals surface area contributed by atoms with Crippen molar-refractivity contribution in [2.24, 2.45) is 5.92 Å². The Balaban J connectivity index is 1.31. The first-order valence-corrected chi connectivity index (χ1v) is 17.6. The van der Waals surface area contributed by atoms with Crippen molar-refractivity contribution in [3.8, 4) is 35.4 Å². The fraction of sp³-hybridized carbons (Fsp3) is 0.500. The number of anilines is 1. The molecule has 5 atom stereocenters. The van der Waals surface area contributed by atoms with E-state index in [1.165, 1.54) is 24.3 Å². The molecule has 49 heavy (non-hydrogen) atoms. The van der Waals surface area contributed by atoms with Crippen LogP contribution in [0, 0.1) is 29.9 Å². The second kappa shape index (κ2) is 12.3. The maximum Gasteiger partial charge on any atom is 0.319 e. The third-order valence-corrected chi connectivity index (χ3v) is 11.2. The summed E-state index contributed by atoms with van der Waals surface area (Å²) in [7, 11) is 0. The average Bonchev–Trinajstić information content (AvgIpc) is 3.78. The monoisotopic (exact) mass is 670 g/mol. The van der Waals surface area contributed by atoms with E-state index in [2.05, 4.69) is 40.3 Å². The Labute approximate surface area is 283 Å². The number of phenolic OH excluding ortho intramolecular Hbond substituents is 1. The summed E-state index contributed by atoms with van der Waals surface area (Å²) < 4.78 is 53.1. The predicted octanol–water partition coefficient (Wildman–Crippen LogP) is 6.66. The highest BCUT2D eigenvalue weighted by atomic mass is 19.1. The van der Waals surface area contributed by atoms with Crippen LogP contribution in [0.3, 0.4) is 0 Å². The molecule has 4 aliphatic rings. The van der Waals surface area contributed by atoms with Crippen LogP contribution in [-0.2, 0) is 6.42 Å². The summed E-state index contributed by atoms with van der Waals surface area (Å²) in [6.07, 6.45) is 11.5. The highest BCUT2D eigenvalue weighted by Crippen LogP contribution is 2.43. The third kappa shape index (κ3) is 5.53. The molecule has 1 aliphatic carbocycles. The minimum Gasteiger partial charge on any atom is -0.508 e. The van der Waals surface area contributed by atoms with Crippen molar-refractivity contribution in [1.82, 2.24) is 25.2 Å². The van der Waals surface area contributed by atoms with E-state index in [1.807, 2.05) is 0 Å². The van der Waals surface area contributed by atoms with E-state index in [0.717, 1.165) is 45.1 Å². The number of nitrogens with zero attached hydrogens (tertiary/aromatic N) is 4. The molecule has 2 aromatic heterocycles. The van der Waals surface area contributed by atoms with Crippen molar-refractivity contribution in [3.05, 3.63) is 47.2 Å². The van der Waals surface area contributed by atoms with E-state index >= 15 is 8.78 Å². The largest absolute Gasteiger partial charge is 0.508 e. The van der Waals surface area contributed by atoms with Gasteiger partial charge in [-0.2, -0.15) is 9.97 Å². The molecule has 256 valence electrons. The molecule has 2 saturated heterocycles. The first-order valence-electron chi connectivity index (χ1n) is 17.6. The number of ether oxygens (including phenoxy) is 1. The molecule has 0 spiro atoms. The molecule has 0 amide bonds. The summed E-state index contributed by atoms with van der Waals surface area (Å²) in [5, 5.41) is 19.4. The topological polar surface area (TPSA) is 95.4 Å². The Bertz CT molecular complexity index is 2000. The molecular formula is C38H41F3N6O2. The second-order valence-corrected chi connectivity index (χ2v) is 14.3. The SMILES string of the molecule is C#Cc1c(F)ccc2cc(O)cc(-c3nc4c5c(nc(OC[C@@]67CCCN6C[C@H](F)C7)nc5c3F)N[C@H]([C@H](CC)NC3CC3)[C@H](CC)C4)c12. The van der Waals surface area contributed by atoms with Crippen LogP contribution in [-0.4, -0.2) is 74.5 Å². The van der Waals surface area contributed by atoms with Crippen molar-refractivity contribution in [3.63, 3.8) is 0 Å². The van der Waals surface area contributed by atoms with Gasteiger partial charge in [0.1, 0.15) is 41.4 Å².